The summed E-state index contributed by atoms with van der Waals surface area (Å²) in [5, 5.41) is 6.34. The zero-order valence-corrected chi connectivity index (χ0v) is 12.9. The quantitative estimate of drug-likeness (QED) is 0.846. The Kier molecular flexibility index (Phi) is 4.54. The lowest BCUT2D eigenvalue weighted by Crippen LogP contribution is -2.04. The Morgan fingerprint density at radius 2 is 1.94 bits per heavy atom. The van der Waals surface area contributed by atoms with Crippen LogP contribution in [0.15, 0.2) is 39.4 Å². The predicted octanol–water partition coefficient (Wildman–Crippen LogP) is 4.18. The zero-order chi connectivity index (χ0) is 13.0. The Labute approximate surface area is 122 Å². The topological polar surface area (TPSA) is 49.8 Å². The number of rotatable bonds is 4. The molecule has 0 aliphatic carbocycles. The lowest BCUT2D eigenvalue weighted by molar-refractivity contribution is 1.08. The molecular formula is C12H12Br2N4. The molecule has 0 amide bonds. The van der Waals surface area contributed by atoms with Crippen molar-refractivity contribution in [2.24, 2.45) is 0 Å². The minimum Gasteiger partial charge on any atom is -0.354 e. The van der Waals surface area contributed by atoms with Gasteiger partial charge in [0.25, 0.3) is 0 Å². The van der Waals surface area contributed by atoms with Crippen molar-refractivity contribution < 1.29 is 0 Å². The molecule has 94 valence electrons. The summed E-state index contributed by atoms with van der Waals surface area (Å²) in [6.07, 6.45) is 1.73. The van der Waals surface area contributed by atoms with Gasteiger partial charge in [-0.1, -0.05) is 12.1 Å². The Morgan fingerprint density at radius 1 is 1.17 bits per heavy atom. The maximum atomic E-state index is 4.40. The number of hydrogen-bond acceptors (Lipinski definition) is 4. The van der Waals surface area contributed by atoms with E-state index in [-0.39, 0.29) is 0 Å². The second kappa shape index (κ2) is 6.15. The Bertz CT molecular complexity index is 545. The van der Waals surface area contributed by atoms with E-state index in [9.17, 15) is 0 Å². The molecule has 0 aliphatic rings. The van der Waals surface area contributed by atoms with Gasteiger partial charge in [0.1, 0.15) is 5.82 Å². The van der Waals surface area contributed by atoms with Gasteiger partial charge < -0.3 is 10.6 Å². The molecule has 0 fully saturated rings. The molecule has 0 saturated carbocycles. The lowest BCUT2D eigenvalue weighted by Gasteiger charge is -2.10. The van der Waals surface area contributed by atoms with Crippen molar-refractivity contribution in [3.8, 4) is 0 Å². The van der Waals surface area contributed by atoms with Crippen LogP contribution in [0, 0.1) is 0 Å². The minimum absolute atomic E-state index is 0.607. The van der Waals surface area contributed by atoms with E-state index < -0.39 is 0 Å². The standard InChI is InChI=1S/C12H12Br2N4/c1-2-15-12-16-7-9(14)11(18-12)17-10-6-4-3-5-8(10)13/h3-7H,2H2,1H3,(H2,15,16,17,18). The molecule has 6 heteroatoms. The van der Waals surface area contributed by atoms with Crippen molar-refractivity contribution in [2.75, 3.05) is 17.2 Å². The summed E-state index contributed by atoms with van der Waals surface area (Å²) in [7, 11) is 0. The van der Waals surface area contributed by atoms with Crippen molar-refractivity contribution in [2.45, 2.75) is 6.92 Å². The molecule has 1 aromatic carbocycles. The van der Waals surface area contributed by atoms with Crippen molar-refractivity contribution in [3.63, 3.8) is 0 Å². The highest BCUT2D eigenvalue weighted by molar-refractivity contribution is 9.11. The van der Waals surface area contributed by atoms with Gasteiger partial charge in [-0.3, -0.25) is 0 Å². The summed E-state index contributed by atoms with van der Waals surface area (Å²) in [6, 6.07) is 7.88. The summed E-state index contributed by atoms with van der Waals surface area (Å²) >= 11 is 6.92. The molecule has 0 saturated heterocycles. The number of nitrogens with zero attached hydrogens (tertiary/aromatic N) is 2. The minimum atomic E-state index is 0.607. The molecule has 0 atom stereocenters. The van der Waals surface area contributed by atoms with Crippen molar-refractivity contribution >= 4 is 49.3 Å². The molecule has 0 unspecified atom stereocenters. The van der Waals surface area contributed by atoms with Crippen LogP contribution in [0.1, 0.15) is 6.92 Å². The molecule has 1 heterocycles. The first-order valence-electron chi connectivity index (χ1n) is 5.48. The van der Waals surface area contributed by atoms with Gasteiger partial charge in [0.15, 0.2) is 0 Å². The molecule has 4 nitrogen and oxygen atoms in total. The highest BCUT2D eigenvalue weighted by Crippen LogP contribution is 2.28. The third-order valence-corrected chi connectivity index (χ3v) is 3.48. The van der Waals surface area contributed by atoms with E-state index in [0.717, 1.165) is 27.0 Å². The fourth-order valence-corrected chi connectivity index (χ4v) is 2.06. The van der Waals surface area contributed by atoms with E-state index in [2.05, 4.69) is 52.5 Å². The average Bonchev–Trinajstić information content (AvgIpc) is 2.36. The summed E-state index contributed by atoms with van der Waals surface area (Å²) in [6.45, 7) is 2.79. The van der Waals surface area contributed by atoms with Crippen LogP contribution in [0.4, 0.5) is 17.5 Å². The van der Waals surface area contributed by atoms with Crippen LogP contribution in [0.3, 0.4) is 0 Å². The van der Waals surface area contributed by atoms with Crippen LogP contribution in [-0.4, -0.2) is 16.5 Å². The lowest BCUT2D eigenvalue weighted by atomic mass is 10.3. The third-order valence-electron chi connectivity index (χ3n) is 2.21. The smallest absolute Gasteiger partial charge is 0.224 e. The summed E-state index contributed by atoms with van der Waals surface area (Å²) in [5.41, 5.74) is 0.958. The largest absolute Gasteiger partial charge is 0.354 e. The van der Waals surface area contributed by atoms with E-state index >= 15 is 0 Å². The molecule has 2 N–H and O–H groups in total. The fourth-order valence-electron chi connectivity index (χ4n) is 1.39. The fraction of sp³-hybridized carbons (Fsp3) is 0.167. The van der Waals surface area contributed by atoms with E-state index in [4.69, 9.17) is 0 Å². The highest BCUT2D eigenvalue weighted by Gasteiger charge is 2.06. The van der Waals surface area contributed by atoms with Crippen LogP contribution in [0.2, 0.25) is 0 Å². The van der Waals surface area contributed by atoms with Gasteiger partial charge in [-0.2, -0.15) is 4.98 Å². The summed E-state index contributed by atoms with van der Waals surface area (Å²) in [4.78, 5) is 8.57. The number of halogens is 2. The molecule has 18 heavy (non-hydrogen) atoms. The van der Waals surface area contributed by atoms with E-state index in [1.165, 1.54) is 0 Å². The van der Waals surface area contributed by atoms with Gasteiger partial charge in [0.05, 0.1) is 10.2 Å². The Morgan fingerprint density at radius 3 is 2.67 bits per heavy atom. The number of nitrogens with one attached hydrogen (secondary N) is 2. The highest BCUT2D eigenvalue weighted by atomic mass is 79.9. The third kappa shape index (κ3) is 3.20. The van der Waals surface area contributed by atoms with Crippen LogP contribution in [-0.2, 0) is 0 Å². The van der Waals surface area contributed by atoms with Crippen molar-refractivity contribution in [1.29, 1.82) is 0 Å². The number of anilines is 3. The van der Waals surface area contributed by atoms with E-state index in [1.807, 2.05) is 31.2 Å². The SMILES string of the molecule is CCNc1ncc(Br)c(Nc2ccccc2Br)n1. The first-order valence-corrected chi connectivity index (χ1v) is 7.07. The van der Waals surface area contributed by atoms with Crippen molar-refractivity contribution in [3.05, 3.63) is 39.4 Å². The molecular weight excluding hydrogens is 360 g/mol. The monoisotopic (exact) mass is 370 g/mol. The Balaban J connectivity index is 2.28. The van der Waals surface area contributed by atoms with E-state index in [1.54, 1.807) is 6.20 Å². The predicted molar refractivity (Wildman–Crippen MR) is 81.3 cm³/mol. The number of para-hydroxylation sites is 1. The average molecular weight is 372 g/mol. The van der Waals surface area contributed by atoms with Gasteiger partial charge in [-0.15, -0.1) is 0 Å². The van der Waals surface area contributed by atoms with Crippen LogP contribution in [0.25, 0.3) is 0 Å². The Hall–Kier alpha value is -1.14. The van der Waals surface area contributed by atoms with Gasteiger partial charge in [0, 0.05) is 17.2 Å². The first-order chi connectivity index (χ1) is 8.70. The van der Waals surface area contributed by atoms with Gasteiger partial charge >= 0.3 is 0 Å². The van der Waals surface area contributed by atoms with Gasteiger partial charge in [0.2, 0.25) is 5.95 Å². The van der Waals surface area contributed by atoms with Crippen LogP contribution < -0.4 is 10.6 Å². The second-order valence-corrected chi connectivity index (χ2v) is 5.23. The number of aromatic nitrogens is 2. The summed E-state index contributed by atoms with van der Waals surface area (Å²) in [5.74, 6) is 1.34. The number of benzene rings is 1. The molecule has 2 rings (SSSR count). The van der Waals surface area contributed by atoms with Gasteiger partial charge in [-0.25, -0.2) is 4.98 Å². The van der Waals surface area contributed by atoms with Gasteiger partial charge in [-0.05, 0) is 50.9 Å². The molecule has 1 aromatic heterocycles. The second-order valence-electron chi connectivity index (χ2n) is 3.53. The van der Waals surface area contributed by atoms with Crippen LogP contribution in [0.5, 0.6) is 0 Å². The molecule has 2 aromatic rings. The normalized spacial score (nSPS) is 10.2. The molecule has 0 radical (unpaired) electrons. The van der Waals surface area contributed by atoms with Crippen molar-refractivity contribution in [1.82, 2.24) is 9.97 Å². The molecule has 0 aliphatic heterocycles. The first kappa shape index (κ1) is 13.3. The van der Waals surface area contributed by atoms with Crippen LogP contribution >= 0.6 is 31.9 Å². The maximum absolute atomic E-state index is 4.40. The van der Waals surface area contributed by atoms with E-state index in [0.29, 0.717) is 5.95 Å². The zero-order valence-electron chi connectivity index (χ0n) is 9.74. The summed E-state index contributed by atoms with van der Waals surface area (Å²) < 4.78 is 1.81. The molecule has 0 bridgehead atoms. The molecule has 0 spiro atoms. The maximum Gasteiger partial charge on any atom is 0.224 e. The number of hydrogen-bond donors (Lipinski definition) is 2.